The predicted octanol–water partition coefficient (Wildman–Crippen LogP) is 5.86. The van der Waals surface area contributed by atoms with E-state index in [1.54, 1.807) is 27.6 Å². The molecule has 1 unspecified atom stereocenters. The number of nitrogens with zero attached hydrogens (tertiary/aromatic N) is 4. The van der Waals surface area contributed by atoms with Gasteiger partial charge in [-0.3, -0.25) is 18.9 Å². The lowest BCUT2D eigenvalue weighted by Crippen LogP contribution is -2.57. The van der Waals surface area contributed by atoms with Crippen LogP contribution in [0, 0.1) is 5.92 Å². The van der Waals surface area contributed by atoms with E-state index in [9.17, 15) is 19.5 Å². The monoisotopic (exact) mass is 595 g/mol. The number of pyridine rings is 1. The summed E-state index contributed by atoms with van der Waals surface area (Å²) in [5.41, 5.74) is 2.16. The highest BCUT2D eigenvalue weighted by atomic mass is 35.5. The van der Waals surface area contributed by atoms with Gasteiger partial charge in [0.1, 0.15) is 11.3 Å². The number of carbonyl (C=O) groups is 3. The summed E-state index contributed by atoms with van der Waals surface area (Å²) < 4.78 is 1.72. The number of rotatable bonds is 9. The van der Waals surface area contributed by atoms with Crippen LogP contribution in [0.3, 0.4) is 0 Å². The topological polar surface area (TPSA) is 107 Å². The Bertz CT molecular complexity index is 1410. The molecular weight excluding hydrogens is 554 g/mol. The highest BCUT2D eigenvalue weighted by Crippen LogP contribution is 2.26. The molecule has 1 saturated heterocycles. The van der Waals surface area contributed by atoms with Crippen LogP contribution in [-0.4, -0.2) is 73.4 Å². The molecule has 0 aliphatic carbocycles. The SMILES string of the molecule is CC(C)CC(CNC(=O)c1cccc2nc(CC(=O)N3CCC[C@@H](N(C(=O)O)C(C)(C)C)C3)cn12)c1ccc(Cl)cc1. The van der Waals surface area contributed by atoms with Gasteiger partial charge >= 0.3 is 6.09 Å². The van der Waals surface area contributed by atoms with E-state index in [0.29, 0.717) is 47.6 Å². The van der Waals surface area contributed by atoms with Crippen molar-refractivity contribution in [2.75, 3.05) is 19.6 Å². The van der Waals surface area contributed by atoms with Crippen LogP contribution in [-0.2, 0) is 11.2 Å². The molecule has 1 aromatic carbocycles. The Hall–Kier alpha value is -3.59. The Kier molecular flexibility index (Phi) is 9.82. The summed E-state index contributed by atoms with van der Waals surface area (Å²) in [5.74, 6) is 0.280. The molecule has 9 nitrogen and oxygen atoms in total. The zero-order chi connectivity index (χ0) is 30.6. The van der Waals surface area contributed by atoms with Crippen molar-refractivity contribution in [1.29, 1.82) is 0 Å². The lowest BCUT2D eigenvalue weighted by molar-refractivity contribution is -0.133. The molecule has 2 aromatic heterocycles. The van der Waals surface area contributed by atoms with E-state index in [1.165, 1.54) is 4.90 Å². The Morgan fingerprint density at radius 2 is 1.86 bits per heavy atom. The average molecular weight is 596 g/mol. The zero-order valence-electron chi connectivity index (χ0n) is 25.1. The molecule has 0 saturated carbocycles. The molecule has 0 spiro atoms. The first kappa shape index (κ1) is 31.3. The Morgan fingerprint density at radius 1 is 1.14 bits per heavy atom. The van der Waals surface area contributed by atoms with E-state index >= 15 is 0 Å². The number of fused-ring (bicyclic) bond motifs is 1. The summed E-state index contributed by atoms with van der Waals surface area (Å²) in [5, 5.41) is 13.6. The minimum atomic E-state index is -0.975. The van der Waals surface area contributed by atoms with Gasteiger partial charge in [0.25, 0.3) is 5.91 Å². The molecule has 3 heterocycles. The van der Waals surface area contributed by atoms with Gasteiger partial charge in [-0.15, -0.1) is 0 Å². The molecule has 42 heavy (non-hydrogen) atoms. The van der Waals surface area contributed by atoms with Gasteiger partial charge in [0.05, 0.1) is 18.2 Å². The molecule has 0 radical (unpaired) electrons. The standard InChI is InChI=1S/C32H42ClN5O4/c1-21(2)16-23(22-11-13-24(33)14-12-22)18-34-30(40)27-9-6-10-28-35-25(19-37(27)28)17-29(39)36-15-7-8-26(20-36)38(31(41)42)32(3,4)5/h6,9-14,19,21,23,26H,7-8,15-18,20H2,1-5H3,(H,34,40)(H,41,42)/t23?,26-/m1/s1. The molecule has 4 rings (SSSR count). The fraction of sp³-hybridized carbons (Fsp3) is 0.500. The van der Waals surface area contributed by atoms with E-state index in [4.69, 9.17) is 11.6 Å². The van der Waals surface area contributed by atoms with Crippen molar-refractivity contribution in [1.82, 2.24) is 24.5 Å². The molecule has 1 aliphatic rings. The van der Waals surface area contributed by atoms with Gasteiger partial charge in [0, 0.05) is 42.3 Å². The molecule has 1 aliphatic heterocycles. The van der Waals surface area contributed by atoms with Crippen LogP contribution in [0.1, 0.15) is 81.5 Å². The van der Waals surface area contributed by atoms with E-state index in [0.717, 1.165) is 24.8 Å². The lowest BCUT2D eigenvalue weighted by Gasteiger charge is -2.44. The second kappa shape index (κ2) is 13.2. The van der Waals surface area contributed by atoms with Crippen molar-refractivity contribution in [3.05, 3.63) is 70.6 Å². The first-order chi connectivity index (χ1) is 19.8. The fourth-order valence-electron chi connectivity index (χ4n) is 5.93. The highest BCUT2D eigenvalue weighted by molar-refractivity contribution is 6.30. The lowest BCUT2D eigenvalue weighted by atomic mass is 9.90. The number of piperidine rings is 1. The van der Waals surface area contributed by atoms with E-state index < -0.39 is 11.6 Å². The van der Waals surface area contributed by atoms with Crippen molar-refractivity contribution in [3.8, 4) is 0 Å². The average Bonchev–Trinajstić information content (AvgIpc) is 3.33. The normalized spacial score (nSPS) is 16.5. The molecule has 10 heteroatoms. The molecule has 3 amide bonds. The number of likely N-dealkylation sites (tertiary alicyclic amines) is 1. The third kappa shape index (κ3) is 7.62. The number of nitrogens with one attached hydrogen (secondary N) is 1. The quantitative estimate of drug-likeness (QED) is 0.322. The minimum Gasteiger partial charge on any atom is -0.465 e. The van der Waals surface area contributed by atoms with Crippen molar-refractivity contribution in [3.63, 3.8) is 0 Å². The van der Waals surface area contributed by atoms with Gasteiger partial charge in [-0.25, -0.2) is 9.78 Å². The van der Waals surface area contributed by atoms with Gasteiger partial charge in [-0.2, -0.15) is 0 Å². The number of hydrogen-bond acceptors (Lipinski definition) is 4. The number of benzene rings is 1. The largest absolute Gasteiger partial charge is 0.465 e. The minimum absolute atomic E-state index is 0.0745. The van der Waals surface area contributed by atoms with E-state index in [-0.39, 0.29) is 30.2 Å². The number of halogens is 1. The van der Waals surface area contributed by atoms with Gasteiger partial charge in [-0.05, 0) is 75.8 Å². The Balaban J connectivity index is 1.45. The van der Waals surface area contributed by atoms with Crippen molar-refractivity contribution in [2.24, 2.45) is 5.92 Å². The number of amides is 3. The maximum atomic E-state index is 13.3. The third-order valence-electron chi connectivity index (χ3n) is 7.76. The fourth-order valence-corrected chi connectivity index (χ4v) is 6.05. The number of carbonyl (C=O) groups excluding carboxylic acids is 2. The molecule has 0 bridgehead atoms. The summed E-state index contributed by atoms with van der Waals surface area (Å²) >= 11 is 6.08. The summed E-state index contributed by atoms with van der Waals surface area (Å²) in [6, 6.07) is 12.8. The van der Waals surface area contributed by atoms with Gasteiger partial charge < -0.3 is 15.3 Å². The van der Waals surface area contributed by atoms with Crippen LogP contribution in [0.5, 0.6) is 0 Å². The van der Waals surface area contributed by atoms with Gasteiger partial charge in [0.2, 0.25) is 5.91 Å². The first-order valence-electron chi connectivity index (χ1n) is 14.6. The molecule has 3 aromatic rings. The number of hydrogen-bond donors (Lipinski definition) is 2. The predicted molar refractivity (Wildman–Crippen MR) is 164 cm³/mol. The molecule has 2 N–H and O–H groups in total. The van der Waals surface area contributed by atoms with E-state index in [2.05, 4.69) is 24.1 Å². The van der Waals surface area contributed by atoms with Crippen LogP contribution in [0.2, 0.25) is 5.02 Å². The maximum Gasteiger partial charge on any atom is 0.408 e. The number of imidazole rings is 1. The summed E-state index contributed by atoms with van der Waals surface area (Å²) in [6.45, 7) is 11.4. The number of carboxylic acid groups (broad SMARTS) is 1. The van der Waals surface area contributed by atoms with Gasteiger partial charge in [-0.1, -0.05) is 43.6 Å². The summed E-state index contributed by atoms with van der Waals surface area (Å²) in [7, 11) is 0. The van der Waals surface area contributed by atoms with E-state index in [1.807, 2.05) is 51.1 Å². The van der Waals surface area contributed by atoms with Gasteiger partial charge in [0.15, 0.2) is 0 Å². The second-order valence-electron chi connectivity index (χ2n) is 12.6. The van der Waals surface area contributed by atoms with Crippen molar-refractivity contribution in [2.45, 2.75) is 77.8 Å². The summed E-state index contributed by atoms with van der Waals surface area (Å²) in [4.78, 5) is 46.4. The molecule has 1 fully saturated rings. The zero-order valence-corrected chi connectivity index (χ0v) is 25.9. The van der Waals surface area contributed by atoms with Crippen molar-refractivity contribution >= 4 is 35.2 Å². The smallest absolute Gasteiger partial charge is 0.408 e. The highest BCUT2D eigenvalue weighted by Gasteiger charge is 2.36. The Labute approximate surface area is 252 Å². The molecule has 226 valence electrons. The second-order valence-corrected chi connectivity index (χ2v) is 13.0. The molecular formula is C32H42ClN5O4. The van der Waals surface area contributed by atoms with Crippen LogP contribution in [0.15, 0.2) is 48.7 Å². The summed E-state index contributed by atoms with van der Waals surface area (Å²) in [6.07, 6.45) is 3.21. The van der Waals surface area contributed by atoms with Crippen LogP contribution in [0.4, 0.5) is 4.79 Å². The van der Waals surface area contributed by atoms with Crippen LogP contribution < -0.4 is 5.32 Å². The van der Waals surface area contributed by atoms with Crippen LogP contribution in [0.25, 0.3) is 5.65 Å². The van der Waals surface area contributed by atoms with Crippen LogP contribution >= 0.6 is 11.6 Å². The molecule has 2 atom stereocenters. The third-order valence-corrected chi connectivity index (χ3v) is 8.01. The Morgan fingerprint density at radius 3 is 2.50 bits per heavy atom. The van der Waals surface area contributed by atoms with Crippen molar-refractivity contribution < 1.29 is 19.5 Å². The number of aromatic nitrogens is 2. The first-order valence-corrected chi connectivity index (χ1v) is 15.0. The maximum absolute atomic E-state index is 13.3.